The molecule has 0 aliphatic heterocycles. The first kappa shape index (κ1) is 15.1. The highest BCUT2D eigenvalue weighted by Gasteiger charge is 2.28. The van der Waals surface area contributed by atoms with Crippen molar-refractivity contribution in [3.05, 3.63) is 42.9 Å². The molecule has 4 rings (SSSR count). The number of aromatic nitrogens is 6. The highest BCUT2D eigenvalue weighted by molar-refractivity contribution is 7.18. The fourth-order valence-corrected chi connectivity index (χ4v) is 3.88. The molecule has 0 saturated heterocycles. The van der Waals surface area contributed by atoms with Crippen molar-refractivity contribution in [3.8, 4) is 10.7 Å². The van der Waals surface area contributed by atoms with Gasteiger partial charge in [0.05, 0.1) is 11.9 Å². The number of nitrogens with zero attached hydrogens (tertiary/aromatic N) is 6. The third-order valence-corrected chi connectivity index (χ3v) is 5.12. The highest BCUT2D eigenvalue weighted by atomic mass is 32.1. The van der Waals surface area contributed by atoms with Crippen molar-refractivity contribution in [1.29, 1.82) is 0 Å². The Morgan fingerprint density at radius 2 is 1.75 bits per heavy atom. The minimum Gasteiger partial charge on any atom is -0.357 e. The van der Waals surface area contributed by atoms with Gasteiger partial charge in [0.2, 0.25) is 5.13 Å². The average Bonchev–Trinajstić information content (AvgIpc) is 3.12. The van der Waals surface area contributed by atoms with Gasteiger partial charge in [-0.05, 0) is 12.8 Å². The van der Waals surface area contributed by atoms with Gasteiger partial charge in [0.15, 0.2) is 5.01 Å². The van der Waals surface area contributed by atoms with Gasteiger partial charge < -0.3 is 5.32 Å². The van der Waals surface area contributed by atoms with Crippen molar-refractivity contribution in [3.63, 3.8) is 0 Å². The second-order valence-electron chi connectivity index (χ2n) is 5.78. The second-order valence-corrected chi connectivity index (χ2v) is 6.75. The molecule has 1 N–H and O–H groups in total. The molecule has 3 aromatic rings. The van der Waals surface area contributed by atoms with Crippen molar-refractivity contribution >= 4 is 16.5 Å². The molecule has 0 spiro atoms. The number of hydrogen-bond donors (Lipinski definition) is 1. The van der Waals surface area contributed by atoms with Crippen LogP contribution in [0, 0.1) is 0 Å². The first-order chi connectivity index (χ1) is 11.9. The summed E-state index contributed by atoms with van der Waals surface area (Å²) in [6, 6.07) is 0.304. The van der Waals surface area contributed by atoms with Crippen LogP contribution in [0.1, 0.15) is 37.3 Å². The SMILES string of the molecule is c1cnc(-c2nnc(NC3CCCCC3c3cnccn3)s2)cn1. The number of hydrogen-bond acceptors (Lipinski definition) is 8. The third-order valence-electron chi connectivity index (χ3n) is 4.25. The maximum Gasteiger partial charge on any atom is 0.206 e. The van der Waals surface area contributed by atoms with Crippen LogP contribution < -0.4 is 5.32 Å². The van der Waals surface area contributed by atoms with Crippen LogP contribution >= 0.6 is 11.3 Å². The van der Waals surface area contributed by atoms with E-state index in [2.05, 4.69) is 35.5 Å². The number of anilines is 1. The molecule has 1 saturated carbocycles. The van der Waals surface area contributed by atoms with E-state index in [-0.39, 0.29) is 0 Å². The molecule has 0 amide bonds. The summed E-state index contributed by atoms with van der Waals surface area (Å²) in [7, 11) is 0. The highest BCUT2D eigenvalue weighted by Crippen LogP contribution is 2.35. The van der Waals surface area contributed by atoms with Gasteiger partial charge >= 0.3 is 0 Å². The van der Waals surface area contributed by atoms with E-state index in [0.717, 1.165) is 34.4 Å². The minimum absolute atomic E-state index is 0.304. The Balaban J connectivity index is 1.52. The van der Waals surface area contributed by atoms with Crippen LogP contribution in [0.2, 0.25) is 0 Å². The molecule has 8 heteroatoms. The Hall–Kier alpha value is -2.48. The number of nitrogens with one attached hydrogen (secondary N) is 1. The summed E-state index contributed by atoms with van der Waals surface area (Å²) in [6.07, 6.45) is 15.0. The van der Waals surface area contributed by atoms with Gasteiger partial charge in [-0.3, -0.25) is 19.9 Å². The molecule has 2 atom stereocenters. The standard InChI is InChI=1S/C16H17N7S/c1-2-4-12(11(3-1)13-9-17-5-7-19-13)21-16-23-22-15(24-16)14-10-18-6-8-20-14/h5-12H,1-4H2,(H,21,23). The summed E-state index contributed by atoms with van der Waals surface area (Å²) in [5.74, 6) is 0.358. The van der Waals surface area contributed by atoms with E-state index in [1.807, 2.05) is 6.20 Å². The van der Waals surface area contributed by atoms with Gasteiger partial charge in [-0.15, -0.1) is 10.2 Å². The van der Waals surface area contributed by atoms with E-state index in [1.165, 1.54) is 24.2 Å². The van der Waals surface area contributed by atoms with E-state index in [0.29, 0.717) is 12.0 Å². The fraction of sp³-hybridized carbons (Fsp3) is 0.375. The van der Waals surface area contributed by atoms with E-state index in [9.17, 15) is 0 Å². The van der Waals surface area contributed by atoms with Crippen LogP contribution in [0.25, 0.3) is 10.7 Å². The molecular weight excluding hydrogens is 322 g/mol. The normalized spacial score (nSPS) is 20.7. The van der Waals surface area contributed by atoms with Gasteiger partial charge in [0, 0.05) is 42.9 Å². The van der Waals surface area contributed by atoms with Crippen molar-refractivity contribution < 1.29 is 0 Å². The summed E-state index contributed by atoms with van der Waals surface area (Å²) >= 11 is 1.50. The molecule has 122 valence electrons. The van der Waals surface area contributed by atoms with E-state index in [1.54, 1.807) is 31.0 Å². The molecule has 3 aromatic heterocycles. The zero-order valence-electron chi connectivity index (χ0n) is 13.0. The topological polar surface area (TPSA) is 89.4 Å². The van der Waals surface area contributed by atoms with Crippen LogP contribution in [0.4, 0.5) is 5.13 Å². The quantitative estimate of drug-likeness (QED) is 0.781. The summed E-state index contributed by atoms with van der Waals surface area (Å²) in [5, 5.41) is 13.6. The van der Waals surface area contributed by atoms with Crippen molar-refractivity contribution in [2.24, 2.45) is 0 Å². The van der Waals surface area contributed by atoms with Crippen molar-refractivity contribution in [1.82, 2.24) is 30.1 Å². The van der Waals surface area contributed by atoms with Crippen molar-refractivity contribution in [2.75, 3.05) is 5.32 Å². The van der Waals surface area contributed by atoms with Gasteiger partial charge in [-0.25, -0.2) is 0 Å². The molecule has 0 bridgehead atoms. The smallest absolute Gasteiger partial charge is 0.206 e. The maximum absolute atomic E-state index is 4.49. The molecule has 2 unspecified atom stereocenters. The van der Waals surface area contributed by atoms with Crippen LogP contribution in [0.15, 0.2) is 37.2 Å². The maximum atomic E-state index is 4.49. The van der Waals surface area contributed by atoms with Gasteiger partial charge in [-0.1, -0.05) is 24.2 Å². The molecule has 0 radical (unpaired) electrons. The average molecular weight is 339 g/mol. The lowest BCUT2D eigenvalue weighted by atomic mass is 9.82. The van der Waals surface area contributed by atoms with E-state index < -0.39 is 0 Å². The van der Waals surface area contributed by atoms with Crippen LogP contribution in [-0.4, -0.2) is 36.2 Å². The first-order valence-corrected chi connectivity index (χ1v) is 8.84. The first-order valence-electron chi connectivity index (χ1n) is 8.02. The lowest BCUT2D eigenvalue weighted by molar-refractivity contribution is 0.398. The van der Waals surface area contributed by atoms with Gasteiger partial charge in [0.25, 0.3) is 0 Å². The third kappa shape index (κ3) is 3.23. The van der Waals surface area contributed by atoms with E-state index >= 15 is 0 Å². The molecule has 1 fully saturated rings. The molecule has 24 heavy (non-hydrogen) atoms. The Morgan fingerprint density at radius 3 is 2.54 bits per heavy atom. The Kier molecular flexibility index (Phi) is 4.37. The van der Waals surface area contributed by atoms with E-state index in [4.69, 9.17) is 0 Å². The summed E-state index contributed by atoms with van der Waals surface area (Å²) in [6.45, 7) is 0. The zero-order valence-corrected chi connectivity index (χ0v) is 13.9. The van der Waals surface area contributed by atoms with Crippen LogP contribution in [0.5, 0.6) is 0 Å². The van der Waals surface area contributed by atoms with Crippen molar-refractivity contribution in [2.45, 2.75) is 37.6 Å². The summed E-state index contributed by atoms with van der Waals surface area (Å²) in [4.78, 5) is 17.1. The number of rotatable bonds is 4. The lowest BCUT2D eigenvalue weighted by Crippen LogP contribution is -2.31. The largest absolute Gasteiger partial charge is 0.357 e. The zero-order chi connectivity index (χ0) is 16.2. The molecule has 1 aliphatic rings. The minimum atomic E-state index is 0.304. The lowest BCUT2D eigenvalue weighted by Gasteiger charge is -2.31. The molecule has 0 aromatic carbocycles. The molecule has 7 nitrogen and oxygen atoms in total. The summed E-state index contributed by atoms with van der Waals surface area (Å²) < 4.78 is 0. The van der Waals surface area contributed by atoms with Gasteiger partial charge in [0.1, 0.15) is 5.69 Å². The fourth-order valence-electron chi connectivity index (χ4n) is 3.11. The molecule has 3 heterocycles. The van der Waals surface area contributed by atoms with Gasteiger partial charge in [-0.2, -0.15) is 0 Å². The predicted octanol–water partition coefficient (Wildman–Crippen LogP) is 2.92. The molecule has 1 aliphatic carbocycles. The van der Waals surface area contributed by atoms with Crippen LogP contribution in [-0.2, 0) is 0 Å². The predicted molar refractivity (Wildman–Crippen MR) is 91.6 cm³/mol. The Morgan fingerprint density at radius 1 is 0.917 bits per heavy atom. The van der Waals surface area contributed by atoms with Crippen LogP contribution in [0.3, 0.4) is 0 Å². The Bertz CT molecular complexity index is 777. The second kappa shape index (κ2) is 6.96. The summed E-state index contributed by atoms with van der Waals surface area (Å²) in [5.41, 5.74) is 1.80. The molecular formula is C16H17N7S. The monoisotopic (exact) mass is 339 g/mol. The Labute approximate surface area is 143 Å².